The molecule has 1 aromatic rings. The summed E-state index contributed by atoms with van der Waals surface area (Å²) in [5, 5.41) is 19.1. The van der Waals surface area contributed by atoms with Gasteiger partial charge in [0.2, 0.25) is 5.82 Å². The van der Waals surface area contributed by atoms with Crippen LogP contribution >= 0.6 is 0 Å². The highest BCUT2D eigenvalue weighted by Crippen LogP contribution is 2.48. The summed E-state index contributed by atoms with van der Waals surface area (Å²) in [4.78, 5) is 0. The van der Waals surface area contributed by atoms with Gasteiger partial charge in [-0.2, -0.15) is 9.65 Å². The topological polar surface area (TPSA) is 53.2 Å². The lowest BCUT2D eigenvalue weighted by Gasteiger charge is -2.36. The van der Waals surface area contributed by atoms with Gasteiger partial charge in [0.15, 0.2) is 11.5 Å². The van der Waals surface area contributed by atoms with Gasteiger partial charge in [-0.15, -0.1) is 0 Å². The van der Waals surface area contributed by atoms with Crippen LogP contribution in [0.5, 0.6) is 11.5 Å². The summed E-state index contributed by atoms with van der Waals surface area (Å²) in [6, 6.07) is 3.85. The third-order valence-corrected chi connectivity index (χ3v) is 3.52. The van der Waals surface area contributed by atoms with Crippen LogP contribution in [0.2, 0.25) is 0 Å². The van der Waals surface area contributed by atoms with Crippen LogP contribution in [0.25, 0.3) is 0 Å². The van der Waals surface area contributed by atoms with E-state index in [1.54, 1.807) is 13.0 Å². The molecule has 0 amide bonds. The highest BCUT2D eigenvalue weighted by Gasteiger charge is 2.42. The number of benzene rings is 1. The Morgan fingerprint density at radius 1 is 1.53 bits per heavy atom. The molecule has 4 heteroatoms. The zero-order valence-corrected chi connectivity index (χ0v) is 9.88. The Hall–Kier alpha value is -1.76. The second kappa shape index (κ2) is 3.92. The minimum atomic E-state index is -0.774. The first-order chi connectivity index (χ1) is 8.05. The van der Waals surface area contributed by atoms with Crippen molar-refractivity contribution in [1.82, 2.24) is 0 Å². The van der Waals surface area contributed by atoms with Crippen molar-refractivity contribution in [3.05, 3.63) is 23.0 Å². The Morgan fingerprint density at radius 2 is 2.18 bits per heavy atom. The molecule has 3 nitrogen and oxygen atoms in total. The van der Waals surface area contributed by atoms with E-state index in [0.29, 0.717) is 24.0 Å². The summed E-state index contributed by atoms with van der Waals surface area (Å²) in [6.45, 7) is 1.70. The number of hydrogen-bond donors (Lipinski definition) is 1. The molecule has 0 radical (unpaired) electrons. The SMILES string of the molecule is COc1c(C)cc(C2(C#N)CCC2)c(O)c1F. The average Bonchev–Trinajstić information content (AvgIpc) is 2.25. The Bertz CT molecular complexity index is 501. The largest absolute Gasteiger partial charge is 0.504 e. The lowest BCUT2D eigenvalue weighted by Crippen LogP contribution is -2.32. The Balaban J connectivity index is 2.61. The number of methoxy groups -OCH3 is 1. The predicted octanol–water partition coefficient (Wildman–Crippen LogP) is 2.79. The first kappa shape index (κ1) is 11.7. The molecule has 1 fully saturated rings. The van der Waals surface area contributed by atoms with Crippen LogP contribution in [-0.4, -0.2) is 12.2 Å². The Morgan fingerprint density at radius 3 is 2.59 bits per heavy atom. The number of phenolic OH excluding ortho intramolecular Hbond substituents is 1. The van der Waals surface area contributed by atoms with Crippen LogP contribution < -0.4 is 4.74 Å². The van der Waals surface area contributed by atoms with Gasteiger partial charge < -0.3 is 9.84 Å². The number of rotatable bonds is 2. The molecule has 0 aromatic heterocycles. The predicted molar refractivity (Wildman–Crippen MR) is 60.5 cm³/mol. The van der Waals surface area contributed by atoms with Crippen LogP contribution in [-0.2, 0) is 5.41 Å². The van der Waals surface area contributed by atoms with Gasteiger partial charge in [0.1, 0.15) is 0 Å². The highest BCUT2D eigenvalue weighted by molar-refractivity contribution is 5.53. The number of aryl methyl sites for hydroxylation is 1. The number of hydrogen-bond acceptors (Lipinski definition) is 3. The Kier molecular flexibility index (Phi) is 2.70. The van der Waals surface area contributed by atoms with E-state index < -0.39 is 17.0 Å². The average molecular weight is 235 g/mol. The first-order valence-corrected chi connectivity index (χ1v) is 5.53. The number of halogens is 1. The van der Waals surface area contributed by atoms with E-state index in [2.05, 4.69) is 6.07 Å². The van der Waals surface area contributed by atoms with Gasteiger partial charge in [0.25, 0.3) is 0 Å². The van der Waals surface area contributed by atoms with Crippen molar-refractivity contribution in [1.29, 1.82) is 5.26 Å². The molecule has 0 aliphatic heterocycles. The molecule has 1 saturated carbocycles. The van der Waals surface area contributed by atoms with E-state index in [9.17, 15) is 14.8 Å². The first-order valence-electron chi connectivity index (χ1n) is 5.53. The normalized spacial score (nSPS) is 17.1. The number of nitriles is 1. The minimum absolute atomic E-state index is 0.0404. The maximum absolute atomic E-state index is 13.9. The second-order valence-corrected chi connectivity index (χ2v) is 4.48. The summed E-state index contributed by atoms with van der Waals surface area (Å²) >= 11 is 0. The van der Waals surface area contributed by atoms with Gasteiger partial charge in [-0.1, -0.05) is 0 Å². The van der Waals surface area contributed by atoms with Crippen molar-refractivity contribution in [2.45, 2.75) is 31.6 Å². The summed E-state index contributed by atoms with van der Waals surface area (Å²) < 4.78 is 18.8. The van der Waals surface area contributed by atoms with E-state index in [1.807, 2.05) is 0 Å². The van der Waals surface area contributed by atoms with Crippen molar-refractivity contribution in [3.63, 3.8) is 0 Å². The fraction of sp³-hybridized carbons (Fsp3) is 0.462. The number of aromatic hydroxyl groups is 1. The van der Waals surface area contributed by atoms with E-state index in [0.717, 1.165) is 6.42 Å². The van der Waals surface area contributed by atoms with Gasteiger partial charge in [0.05, 0.1) is 18.6 Å². The van der Waals surface area contributed by atoms with Crippen molar-refractivity contribution in [2.24, 2.45) is 0 Å². The zero-order valence-electron chi connectivity index (χ0n) is 9.88. The van der Waals surface area contributed by atoms with Crippen molar-refractivity contribution in [2.75, 3.05) is 7.11 Å². The molecule has 2 rings (SSSR count). The molecule has 1 aliphatic carbocycles. The van der Waals surface area contributed by atoms with Crippen molar-refractivity contribution < 1.29 is 14.2 Å². The van der Waals surface area contributed by atoms with Crippen LogP contribution in [0, 0.1) is 24.1 Å². The standard InChI is InChI=1S/C13H14FNO2/c1-8-6-9(13(7-15)4-3-5-13)11(16)10(14)12(8)17-2/h6,16H,3-5H2,1-2H3. The molecule has 1 aliphatic rings. The fourth-order valence-electron chi connectivity index (χ4n) is 2.34. The summed E-state index contributed by atoms with van der Waals surface area (Å²) in [6.07, 6.45) is 2.27. The lowest BCUT2D eigenvalue weighted by atomic mass is 9.65. The maximum Gasteiger partial charge on any atom is 0.207 e. The van der Waals surface area contributed by atoms with Gasteiger partial charge in [-0.25, -0.2) is 0 Å². The lowest BCUT2D eigenvalue weighted by molar-refractivity contribution is 0.300. The van der Waals surface area contributed by atoms with Gasteiger partial charge in [-0.3, -0.25) is 0 Å². The second-order valence-electron chi connectivity index (χ2n) is 4.48. The third-order valence-electron chi connectivity index (χ3n) is 3.52. The molecule has 90 valence electrons. The van der Waals surface area contributed by atoms with E-state index in [4.69, 9.17) is 4.74 Å². The molecule has 1 aromatic carbocycles. The van der Waals surface area contributed by atoms with Crippen LogP contribution in [0.3, 0.4) is 0 Å². The quantitative estimate of drug-likeness (QED) is 0.857. The number of ether oxygens (including phenoxy) is 1. The molecule has 0 unspecified atom stereocenters. The number of phenols is 1. The summed E-state index contributed by atoms with van der Waals surface area (Å²) in [5.41, 5.74) is 0.267. The molecule has 1 N–H and O–H groups in total. The van der Waals surface area contributed by atoms with Crippen molar-refractivity contribution in [3.8, 4) is 17.6 Å². The molecule has 0 atom stereocenters. The van der Waals surface area contributed by atoms with Crippen LogP contribution in [0.15, 0.2) is 6.07 Å². The van der Waals surface area contributed by atoms with Crippen LogP contribution in [0.4, 0.5) is 4.39 Å². The van der Waals surface area contributed by atoms with Gasteiger partial charge in [-0.05, 0) is 37.8 Å². The third kappa shape index (κ3) is 1.54. The highest BCUT2D eigenvalue weighted by atomic mass is 19.1. The van der Waals surface area contributed by atoms with Gasteiger partial charge >= 0.3 is 0 Å². The molecule has 0 heterocycles. The Labute approximate surface area is 99.4 Å². The van der Waals surface area contributed by atoms with Crippen molar-refractivity contribution >= 4 is 0 Å². The van der Waals surface area contributed by atoms with E-state index in [1.165, 1.54) is 7.11 Å². The van der Waals surface area contributed by atoms with E-state index >= 15 is 0 Å². The van der Waals surface area contributed by atoms with Gasteiger partial charge in [0, 0.05) is 5.56 Å². The summed E-state index contributed by atoms with van der Waals surface area (Å²) in [7, 11) is 1.36. The zero-order chi connectivity index (χ0) is 12.6. The smallest absolute Gasteiger partial charge is 0.207 e. The molecule has 0 bridgehead atoms. The fourth-order valence-corrected chi connectivity index (χ4v) is 2.34. The number of nitrogens with zero attached hydrogens (tertiary/aromatic N) is 1. The summed E-state index contributed by atoms with van der Waals surface area (Å²) in [5.74, 6) is -1.18. The molecule has 0 saturated heterocycles. The van der Waals surface area contributed by atoms with Crippen LogP contribution in [0.1, 0.15) is 30.4 Å². The molecular weight excluding hydrogens is 221 g/mol. The molecule has 17 heavy (non-hydrogen) atoms. The monoisotopic (exact) mass is 235 g/mol. The molecular formula is C13H14FNO2. The van der Waals surface area contributed by atoms with E-state index in [-0.39, 0.29) is 5.75 Å². The molecule has 0 spiro atoms. The maximum atomic E-state index is 13.9. The minimum Gasteiger partial charge on any atom is -0.504 e.